The smallest absolute Gasteiger partial charge is 0.262 e. The molecule has 4 aromatic rings. The van der Waals surface area contributed by atoms with Gasteiger partial charge < -0.3 is 10.2 Å². The fourth-order valence-electron chi connectivity index (χ4n) is 8.72. The van der Waals surface area contributed by atoms with E-state index in [1.54, 1.807) is 24.4 Å². The first-order valence-corrected chi connectivity index (χ1v) is 16.9. The fraction of sp³-hybridized carbons (Fsp3) is 0.389. The van der Waals surface area contributed by atoms with Gasteiger partial charge in [-0.15, -0.1) is 0 Å². The number of likely N-dealkylation sites (tertiary alicyclic amines) is 1. The maximum atomic E-state index is 13.6. The average molecular weight is 659 g/mol. The Balaban J connectivity index is 0.775. The monoisotopic (exact) mass is 658 g/mol. The predicted octanol–water partition coefficient (Wildman–Crippen LogP) is 3.34. The number of aromatic nitrogens is 4. The molecule has 3 saturated carbocycles. The summed E-state index contributed by atoms with van der Waals surface area (Å²) in [5, 5.41) is 10.3. The van der Waals surface area contributed by atoms with Crippen molar-refractivity contribution in [2.75, 3.05) is 25.0 Å². The van der Waals surface area contributed by atoms with Crippen molar-refractivity contribution in [1.82, 2.24) is 34.9 Å². The van der Waals surface area contributed by atoms with Crippen LogP contribution in [-0.4, -0.2) is 84.8 Å². The van der Waals surface area contributed by atoms with Crippen molar-refractivity contribution in [3.63, 3.8) is 0 Å². The van der Waals surface area contributed by atoms with Gasteiger partial charge in [0.2, 0.25) is 17.7 Å². The summed E-state index contributed by atoms with van der Waals surface area (Å²) in [5.74, 6) is -1.81. The van der Waals surface area contributed by atoms with E-state index < -0.39 is 29.7 Å². The van der Waals surface area contributed by atoms with E-state index in [0.29, 0.717) is 25.3 Å². The second kappa shape index (κ2) is 10.8. The number of imide groups is 2. The van der Waals surface area contributed by atoms with Gasteiger partial charge in [-0.3, -0.25) is 43.9 Å². The number of carbonyl (C=O) groups is 5. The zero-order valence-electron chi connectivity index (χ0n) is 26.7. The molecule has 6 aliphatic rings. The lowest BCUT2D eigenvalue weighted by Gasteiger charge is -2.70. The van der Waals surface area contributed by atoms with Crippen LogP contribution < -0.4 is 10.6 Å². The number of nitrogens with one attached hydrogen (secondary N) is 2. The van der Waals surface area contributed by atoms with Crippen LogP contribution in [0.15, 0.2) is 61.1 Å². The summed E-state index contributed by atoms with van der Waals surface area (Å²) < 4.78 is 2.00. The number of hydrogen-bond donors (Lipinski definition) is 2. The first kappa shape index (κ1) is 29.7. The second-order valence-corrected chi connectivity index (χ2v) is 14.3. The number of rotatable bonds is 7. The molecule has 2 saturated heterocycles. The van der Waals surface area contributed by atoms with Gasteiger partial charge in [0, 0.05) is 43.5 Å². The van der Waals surface area contributed by atoms with E-state index in [4.69, 9.17) is 4.98 Å². The van der Waals surface area contributed by atoms with Gasteiger partial charge in [-0.2, -0.15) is 5.10 Å². The van der Waals surface area contributed by atoms with E-state index in [-0.39, 0.29) is 46.7 Å². The molecule has 10 rings (SSSR count). The normalized spacial score (nSPS) is 26.3. The Kier molecular flexibility index (Phi) is 6.52. The largest absolute Gasteiger partial charge is 0.384 e. The van der Waals surface area contributed by atoms with Gasteiger partial charge in [-0.1, -0.05) is 12.1 Å². The number of nitrogens with zero attached hydrogens (tertiary/aromatic N) is 6. The van der Waals surface area contributed by atoms with E-state index >= 15 is 0 Å². The maximum absolute atomic E-state index is 13.6. The SMILES string of the molecule is O=C1CCC(N2C(=O)c3ccc(NCC45CC(C(=O)N6CCC(n7cc(-c8cnc9ccccc9n8)cn7)CC6)(C4)C5)cc3C2=O)C(=O)N1. The molecule has 5 heterocycles. The molecule has 0 radical (unpaired) electrons. The average Bonchev–Trinajstić information content (AvgIpc) is 3.66. The highest BCUT2D eigenvalue weighted by Crippen LogP contribution is 2.73. The Morgan fingerprint density at radius 3 is 2.45 bits per heavy atom. The van der Waals surface area contributed by atoms with Crippen molar-refractivity contribution >= 4 is 46.3 Å². The van der Waals surface area contributed by atoms with Crippen LogP contribution in [0.2, 0.25) is 0 Å². The molecule has 13 nitrogen and oxygen atoms in total. The minimum absolute atomic E-state index is 0.0443. The molecule has 3 aliphatic carbocycles. The van der Waals surface area contributed by atoms with Gasteiger partial charge in [-0.05, 0) is 74.3 Å². The van der Waals surface area contributed by atoms with Gasteiger partial charge in [0.1, 0.15) is 6.04 Å². The highest BCUT2D eigenvalue weighted by atomic mass is 16.2. The molecule has 5 fully saturated rings. The van der Waals surface area contributed by atoms with Gasteiger partial charge in [-0.25, -0.2) is 4.98 Å². The molecule has 2 bridgehead atoms. The highest BCUT2D eigenvalue weighted by molar-refractivity contribution is 6.23. The quantitative estimate of drug-likeness (QED) is 0.284. The molecule has 248 valence electrons. The first-order valence-electron chi connectivity index (χ1n) is 16.9. The summed E-state index contributed by atoms with van der Waals surface area (Å²) in [6.07, 6.45) is 10.1. The zero-order chi connectivity index (χ0) is 33.5. The number of hydrogen-bond acceptors (Lipinski definition) is 9. The predicted molar refractivity (Wildman–Crippen MR) is 176 cm³/mol. The molecule has 5 amide bonds. The number of amides is 5. The topological polar surface area (TPSA) is 159 Å². The summed E-state index contributed by atoms with van der Waals surface area (Å²) >= 11 is 0. The van der Waals surface area contributed by atoms with Crippen molar-refractivity contribution in [2.45, 2.75) is 57.0 Å². The summed E-state index contributed by atoms with van der Waals surface area (Å²) in [6.45, 7) is 2.09. The van der Waals surface area contributed by atoms with Crippen molar-refractivity contribution in [1.29, 1.82) is 0 Å². The minimum atomic E-state index is -0.989. The summed E-state index contributed by atoms with van der Waals surface area (Å²) in [6, 6.07) is 12.1. The van der Waals surface area contributed by atoms with Crippen LogP contribution in [0.5, 0.6) is 0 Å². The molecular formula is C36H34N8O5. The molecule has 49 heavy (non-hydrogen) atoms. The Morgan fingerprint density at radius 1 is 0.918 bits per heavy atom. The molecular weight excluding hydrogens is 624 g/mol. The zero-order valence-corrected chi connectivity index (χ0v) is 26.7. The standard InChI is InChI=1S/C36H34N8O5/c45-30-8-7-29(31(46)41-30)44-32(47)24-6-5-22(13-25(24)33(44)48)38-20-35-17-36(18-35,19-35)34(49)42-11-9-23(10-12-42)43-16-21(14-39-43)28-15-37-26-3-1-2-4-27(26)40-28/h1-6,13-16,23,29,38H,7-12,17-20H2,(H,41,45,46). The first-order chi connectivity index (χ1) is 23.7. The summed E-state index contributed by atoms with van der Waals surface area (Å²) in [4.78, 5) is 76.0. The molecule has 2 aromatic carbocycles. The van der Waals surface area contributed by atoms with E-state index in [0.717, 1.165) is 59.3 Å². The van der Waals surface area contributed by atoms with E-state index in [2.05, 4.69) is 20.7 Å². The van der Waals surface area contributed by atoms with Gasteiger partial charge >= 0.3 is 0 Å². The molecule has 13 heteroatoms. The summed E-state index contributed by atoms with van der Waals surface area (Å²) in [7, 11) is 0. The van der Waals surface area contributed by atoms with E-state index in [1.807, 2.05) is 46.2 Å². The number of benzene rings is 2. The van der Waals surface area contributed by atoms with Crippen molar-refractivity contribution < 1.29 is 24.0 Å². The number of piperidine rings is 2. The van der Waals surface area contributed by atoms with E-state index in [1.165, 1.54) is 0 Å². The van der Waals surface area contributed by atoms with Crippen LogP contribution in [0.1, 0.15) is 71.7 Å². The second-order valence-electron chi connectivity index (χ2n) is 14.3. The summed E-state index contributed by atoms with van der Waals surface area (Å²) in [5.41, 5.74) is 4.42. The Labute approximate surface area is 281 Å². The maximum Gasteiger partial charge on any atom is 0.262 e. The molecule has 3 aliphatic heterocycles. The lowest BCUT2D eigenvalue weighted by atomic mass is 9.34. The third-order valence-electron chi connectivity index (χ3n) is 11.2. The Morgan fingerprint density at radius 2 is 1.67 bits per heavy atom. The van der Waals surface area contributed by atoms with Crippen molar-refractivity contribution in [2.24, 2.45) is 10.8 Å². The minimum Gasteiger partial charge on any atom is -0.384 e. The highest BCUT2D eigenvalue weighted by Gasteiger charge is 2.71. The van der Waals surface area contributed by atoms with Gasteiger partial charge in [0.05, 0.1) is 51.7 Å². The molecule has 2 aromatic heterocycles. The fourth-order valence-corrected chi connectivity index (χ4v) is 8.72. The van der Waals surface area contributed by atoms with Crippen LogP contribution in [0.25, 0.3) is 22.3 Å². The van der Waals surface area contributed by atoms with Crippen LogP contribution in [0.3, 0.4) is 0 Å². The van der Waals surface area contributed by atoms with Crippen LogP contribution in [0.4, 0.5) is 5.69 Å². The number of para-hydroxylation sites is 2. The molecule has 1 atom stereocenters. The van der Waals surface area contributed by atoms with Crippen molar-refractivity contribution in [3.05, 3.63) is 72.2 Å². The van der Waals surface area contributed by atoms with Crippen molar-refractivity contribution in [3.8, 4) is 11.3 Å². The number of anilines is 1. The third kappa shape index (κ3) is 4.73. The van der Waals surface area contributed by atoms with Crippen LogP contribution in [-0.2, 0) is 14.4 Å². The Bertz CT molecular complexity index is 2080. The van der Waals surface area contributed by atoms with E-state index in [9.17, 15) is 24.0 Å². The van der Waals surface area contributed by atoms with Crippen LogP contribution >= 0.6 is 0 Å². The lowest BCUT2D eigenvalue weighted by Crippen LogP contribution is -2.70. The van der Waals surface area contributed by atoms with Crippen LogP contribution in [0, 0.1) is 10.8 Å². The lowest BCUT2D eigenvalue weighted by molar-refractivity contribution is -0.211. The number of carbonyl (C=O) groups excluding carboxylic acids is 5. The Hall–Kier alpha value is -5.46. The van der Waals surface area contributed by atoms with Gasteiger partial charge in [0.15, 0.2) is 0 Å². The number of fused-ring (bicyclic) bond motifs is 2. The molecule has 0 spiro atoms. The van der Waals surface area contributed by atoms with Gasteiger partial charge in [0.25, 0.3) is 11.8 Å². The molecule has 1 unspecified atom stereocenters. The third-order valence-corrected chi connectivity index (χ3v) is 11.2. The molecule has 2 N–H and O–H groups in total.